The highest BCUT2D eigenvalue weighted by molar-refractivity contribution is 5.54. The lowest BCUT2D eigenvalue weighted by Gasteiger charge is -2.27. The molecule has 0 radical (unpaired) electrons. The van der Waals surface area contributed by atoms with Crippen LogP contribution >= 0.6 is 0 Å². The average Bonchev–Trinajstić information content (AvgIpc) is 2.79. The highest BCUT2D eigenvalue weighted by Crippen LogP contribution is 2.25. The Labute approximate surface area is 102 Å². The lowest BCUT2D eigenvalue weighted by Crippen LogP contribution is -2.38. The molecular weight excluding hydrogens is 214 g/mol. The summed E-state index contributed by atoms with van der Waals surface area (Å²) < 4.78 is 0. The second-order valence-corrected chi connectivity index (χ2v) is 4.51. The van der Waals surface area contributed by atoms with Gasteiger partial charge in [0, 0.05) is 37.1 Å². The largest absolute Gasteiger partial charge is 0.399 e. The number of aliphatic hydroxyl groups excluding tert-OH is 1. The van der Waals surface area contributed by atoms with Gasteiger partial charge in [-0.25, -0.2) is 0 Å². The predicted octanol–water partition coefficient (Wildman–Crippen LogP) is 0.819. The number of hydrogen-bond donors (Lipinski definition) is 3. The van der Waals surface area contributed by atoms with Crippen molar-refractivity contribution >= 4 is 11.4 Å². The Balaban J connectivity index is 1.96. The van der Waals surface area contributed by atoms with Crippen LogP contribution in [0.4, 0.5) is 11.4 Å². The lowest BCUT2D eigenvalue weighted by molar-refractivity contribution is 0.291. The summed E-state index contributed by atoms with van der Waals surface area (Å²) >= 11 is 0. The van der Waals surface area contributed by atoms with Gasteiger partial charge in [-0.1, -0.05) is 0 Å². The minimum Gasteiger partial charge on any atom is -0.399 e. The molecule has 94 valence electrons. The van der Waals surface area contributed by atoms with Gasteiger partial charge < -0.3 is 21.1 Å². The third-order valence-electron chi connectivity index (χ3n) is 3.27. The van der Waals surface area contributed by atoms with Gasteiger partial charge >= 0.3 is 0 Å². The molecule has 0 unspecified atom stereocenters. The standard InChI is InChI=1S/C13H21N3O/c14-11-3-5-12(6-4-11)16-8-1-2-13(16)10-15-7-9-17/h3-6,13,15,17H,1-2,7-10,14H2/t13-/m0/s1. The second kappa shape index (κ2) is 5.89. The quantitative estimate of drug-likeness (QED) is 0.522. The van der Waals surface area contributed by atoms with E-state index in [9.17, 15) is 0 Å². The SMILES string of the molecule is Nc1ccc(N2CCC[C@H]2CNCCO)cc1. The van der Waals surface area contributed by atoms with Gasteiger partial charge in [0.05, 0.1) is 6.61 Å². The number of aliphatic hydroxyl groups is 1. The molecule has 0 aromatic heterocycles. The Morgan fingerprint density at radius 1 is 1.35 bits per heavy atom. The summed E-state index contributed by atoms with van der Waals surface area (Å²) in [5.41, 5.74) is 7.75. The van der Waals surface area contributed by atoms with Crippen LogP contribution in [0.5, 0.6) is 0 Å². The van der Waals surface area contributed by atoms with E-state index in [0.717, 1.165) is 18.8 Å². The van der Waals surface area contributed by atoms with Gasteiger partial charge in [-0.2, -0.15) is 0 Å². The highest BCUT2D eigenvalue weighted by Gasteiger charge is 2.23. The van der Waals surface area contributed by atoms with Crippen LogP contribution in [0.25, 0.3) is 0 Å². The molecule has 0 amide bonds. The smallest absolute Gasteiger partial charge is 0.0555 e. The number of anilines is 2. The van der Waals surface area contributed by atoms with E-state index >= 15 is 0 Å². The third-order valence-corrected chi connectivity index (χ3v) is 3.27. The van der Waals surface area contributed by atoms with Crippen molar-refractivity contribution in [2.45, 2.75) is 18.9 Å². The predicted molar refractivity (Wildman–Crippen MR) is 71.2 cm³/mol. The van der Waals surface area contributed by atoms with Gasteiger partial charge in [0.25, 0.3) is 0 Å². The van der Waals surface area contributed by atoms with E-state index in [1.54, 1.807) is 0 Å². The van der Waals surface area contributed by atoms with Crippen molar-refractivity contribution in [2.24, 2.45) is 0 Å². The molecule has 1 heterocycles. The number of nitrogens with two attached hydrogens (primary N) is 1. The molecule has 0 saturated carbocycles. The number of nitrogens with one attached hydrogen (secondary N) is 1. The van der Waals surface area contributed by atoms with Crippen LogP contribution in [-0.4, -0.2) is 37.4 Å². The van der Waals surface area contributed by atoms with Crippen molar-refractivity contribution in [1.29, 1.82) is 0 Å². The van der Waals surface area contributed by atoms with Gasteiger partial charge in [-0.3, -0.25) is 0 Å². The molecule has 1 aromatic rings. The van der Waals surface area contributed by atoms with Gasteiger partial charge in [0.15, 0.2) is 0 Å². The molecule has 4 nitrogen and oxygen atoms in total. The minimum atomic E-state index is 0.203. The van der Waals surface area contributed by atoms with E-state index in [2.05, 4.69) is 22.3 Å². The number of hydrogen-bond acceptors (Lipinski definition) is 4. The summed E-state index contributed by atoms with van der Waals surface area (Å²) in [6.07, 6.45) is 2.44. The van der Waals surface area contributed by atoms with Crippen molar-refractivity contribution in [3.05, 3.63) is 24.3 Å². The van der Waals surface area contributed by atoms with Crippen LogP contribution in [0.15, 0.2) is 24.3 Å². The molecule has 1 saturated heterocycles. The Morgan fingerprint density at radius 3 is 2.82 bits per heavy atom. The number of rotatable bonds is 5. The van der Waals surface area contributed by atoms with Crippen LogP contribution in [0, 0.1) is 0 Å². The van der Waals surface area contributed by atoms with E-state index in [1.165, 1.54) is 18.5 Å². The Morgan fingerprint density at radius 2 is 2.12 bits per heavy atom. The van der Waals surface area contributed by atoms with E-state index in [1.807, 2.05) is 12.1 Å². The number of benzene rings is 1. The van der Waals surface area contributed by atoms with Gasteiger partial charge in [-0.05, 0) is 37.1 Å². The van der Waals surface area contributed by atoms with Gasteiger partial charge in [-0.15, -0.1) is 0 Å². The van der Waals surface area contributed by atoms with Crippen LogP contribution in [0.3, 0.4) is 0 Å². The fourth-order valence-electron chi connectivity index (χ4n) is 2.40. The Bertz CT molecular complexity index is 339. The molecule has 1 aromatic carbocycles. The topological polar surface area (TPSA) is 61.5 Å². The van der Waals surface area contributed by atoms with Gasteiger partial charge in [0.1, 0.15) is 0 Å². The van der Waals surface area contributed by atoms with Crippen molar-refractivity contribution in [2.75, 3.05) is 36.9 Å². The first kappa shape index (κ1) is 12.2. The maximum atomic E-state index is 8.76. The van der Waals surface area contributed by atoms with Crippen LogP contribution in [0.1, 0.15) is 12.8 Å². The Kier molecular flexibility index (Phi) is 4.23. The monoisotopic (exact) mass is 235 g/mol. The molecule has 4 heteroatoms. The van der Waals surface area contributed by atoms with E-state index in [-0.39, 0.29) is 6.61 Å². The van der Waals surface area contributed by atoms with Crippen molar-refractivity contribution < 1.29 is 5.11 Å². The first-order valence-corrected chi connectivity index (χ1v) is 6.25. The molecule has 1 atom stereocenters. The first-order chi connectivity index (χ1) is 8.31. The fraction of sp³-hybridized carbons (Fsp3) is 0.538. The summed E-state index contributed by atoms with van der Waals surface area (Å²) in [6, 6.07) is 8.60. The normalized spacial score (nSPS) is 19.8. The molecule has 17 heavy (non-hydrogen) atoms. The van der Waals surface area contributed by atoms with Crippen LogP contribution in [0.2, 0.25) is 0 Å². The molecule has 1 aliphatic rings. The molecule has 1 fully saturated rings. The van der Waals surface area contributed by atoms with Crippen LogP contribution in [-0.2, 0) is 0 Å². The zero-order valence-corrected chi connectivity index (χ0v) is 10.1. The van der Waals surface area contributed by atoms with Crippen molar-refractivity contribution in [1.82, 2.24) is 5.32 Å². The zero-order valence-electron chi connectivity index (χ0n) is 10.1. The number of nitrogens with zero attached hydrogens (tertiary/aromatic N) is 1. The highest BCUT2D eigenvalue weighted by atomic mass is 16.3. The van der Waals surface area contributed by atoms with Crippen molar-refractivity contribution in [3.8, 4) is 0 Å². The third kappa shape index (κ3) is 3.11. The molecule has 0 aliphatic carbocycles. The summed E-state index contributed by atoms with van der Waals surface area (Å²) in [6.45, 7) is 2.92. The van der Waals surface area contributed by atoms with Crippen molar-refractivity contribution in [3.63, 3.8) is 0 Å². The fourth-order valence-corrected chi connectivity index (χ4v) is 2.40. The number of nitrogen functional groups attached to an aromatic ring is 1. The van der Waals surface area contributed by atoms with E-state index in [4.69, 9.17) is 10.8 Å². The summed E-state index contributed by atoms with van der Waals surface area (Å²) in [5.74, 6) is 0. The molecule has 4 N–H and O–H groups in total. The Hall–Kier alpha value is -1.26. The van der Waals surface area contributed by atoms with Gasteiger partial charge in [0.2, 0.25) is 0 Å². The summed E-state index contributed by atoms with van der Waals surface area (Å²) in [4.78, 5) is 2.42. The first-order valence-electron chi connectivity index (χ1n) is 6.25. The molecular formula is C13H21N3O. The molecule has 2 rings (SSSR count). The second-order valence-electron chi connectivity index (χ2n) is 4.51. The maximum absolute atomic E-state index is 8.76. The van der Waals surface area contributed by atoms with Crippen LogP contribution < -0.4 is 16.0 Å². The van der Waals surface area contributed by atoms with E-state index < -0.39 is 0 Å². The summed E-state index contributed by atoms with van der Waals surface area (Å²) in [7, 11) is 0. The molecule has 1 aliphatic heterocycles. The summed E-state index contributed by atoms with van der Waals surface area (Å²) in [5, 5.41) is 12.0. The lowest BCUT2D eigenvalue weighted by atomic mass is 10.2. The zero-order chi connectivity index (χ0) is 12.1. The van der Waals surface area contributed by atoms with E-state index in [0.29, 0.717) is 12.6 Å². The minimum absolute atomic E-state index is 0.203. The molecule has 0 spiro atoms. The maximum Gasteiger partial charge on any atom is 0.0555 e. The average molecular weight is 235 g/mol. The molecule has 0 bridgehead atoms.